The SMILES string of the molecule is CCC1COCCN1Cc1cc(N)cc(Cl)c1. The molecule has 2 rings (SSSR count). The van der Waals surface area contributed by atoms with Crippen LogP contribution in [-0.2, 0) is 11.3 Å². The Bertz CT molecular complexity index is 363. The number of rotatable bonds is 3. The highest BCUT2D eigenvalue weighted by atomic mass is 35.5. The summed E-state index contributed by atoms with van der Waals surface area (Å²) < 4.78 is 5.50. The minimum absolute atomic E-state index is 0.504. The molecule has 17 heavy (non-hydrogen) atoms. The Morgan fingerprint density at radius 2 is 2.29 bits per heavy atom. The highest BCUT2D eigenvalue weighted by Gasteiger charge is 2.21. The first-order valence-electron chi connectivity index (χ1n) is 6.05. The molecule has 0 spiro atoms. The highest BCUT2D eigenvalue weighted by Crippen LogP contribution is 2.20. The van der Waals surface area contributed by atoms with Crippen LogP contribution >= 0.6 is 11.6 Å². The summed E-state index contributed by atoms with van der Waals surface area (Å²) in [6, 6.07) is 6.26. The number of anilines is 1. The number of morpholine rings is 1. The van der Waals surface area contributed by atoms with Crippen molar-refractivity contribution in [3.8, 4) is 0 Å². The first-order valence-corrected chi connectivity index (χ1v) is 6.43. The fraction of sp³-hybridized carbons (Fsp3) is 0.538. The zero-order valence-electron chi connectivity index (χ0n) is 10.2. The van der Waals surface area contributed by atoms with Crippen molar-refractivity contribution in [2.45, 2.75) is 25.9 Å². The van der Waals surface area contributed by atoms with E-state index in [1.165, 1.54) is 5.56 Å². The second-order valence-corrected chi connectivity index (χ2v) is 4.94. The molecule has 1 aromatic rings. The fourth-order valence-corrected chi connectivity index (χ4v) is 2.54. The highest BCUT2D eigenvalue weighted by molar-refractivity contribution is 6.30. The van der Waals surface area contributed by atoms with E-state index >= 15 is 0 Å². The maximum atomic E-state index is 6.01. The lowest BCUT2D eigenvalue weighted by atomic mass is 10.1. The van der Waals surface area contributed by atoms with E-state index in [0.717, 1.165) is 38.4 Å². The van der Waals surface area contributed by atoms with Crippen LogP contribution < -0.4 is 5.73 Å². The van der Waals surface area contributed by atoms with Crippen LogP contribution in [0.3, 0.4) is 0 Å². The summed E-state index contributed by atoms with van der Waals surface area (Å²) >= 11 is 6.01. The van der Waals surface area contributed by atoms with Gasteiger partial charge in [-0.2, -0.15) is 0 Å². The molecule has 2 N–H and O–H groups in total. The zero-order valence-corrected chi connectivity index (χ0v) is 10.9. The Morgan fingerprint density at radius 3 is 3.00 bits per heavy atom. The third-order valence-corrected chi connectivity index (χ3v) is 3.40. The molecule has 3 nitrogen and oxygen atoms in total. The van der Waals surface area contributed by atoms with E-state index in [2.05, 4.69) is 11.8 Å². The van der Waals surface area contributed by atoms with Gasteiger partial charge in [-0.15, -0.1) is 0 Å². The normalized spacial score (nSPS) is 21.6. The van der Waals surface area contributed by atoms with Crippen molar-refractivity contribution in [2.75, 3.05) is 25.5 Å². The fourth-order valence-electron chi connectivity index (χ4n) is 2.27. The van der Waals surface area contributed by atoms with Gasteiger partial charge in [0.1, 0.15) is 0 Å². The van der Waals surface area contributed by atoms with E-state index in [9.17, 15) is 0 Å². The number of benzene rings is 1. The van der Waals surface area contributed by atoms with Crippen LogP contribution in [0.2, 0.25) is 5.02 Å². The third-order valence-electron chi connectivity index (χ3n) is 3.19. The number of nitrogens with two attached hydrogens (primary N) is 1. The lowest BCUT2D eigenvalue weighted by Gasteiger charge is -2.35. The molecule has 0 saturated carbocycles. The van der Waals surface area contributed by atoms with Crippen molar-refractivity contribution in [1.82, 2.24) is 4.90 Å². The average molecular weight is 255 g/mol. The topological polar surface area (TPSA) is 38.5 Å². The van der Waals surface area contributed by atoms with E-state index in [1.54, 1.807) is 6.07 Å². The minimum Gasteiger partial charge on any atom is -0.399 e. The van der Waals surface area contributed by atoms with Gasteiger partial charge in [0, 0.05) is 29.8 Å². The average Bonchev–Trinajstić information content (AvgIpc) is 2.28. The molecule has 1 aromatic carbocycles. The van der Waals surface area contributed by atoms with Gasteiger partial charge in [-0.3, -0.25) is 4.90 Å². The first kappa shape index (κ1) is 12.7. The molecule has 1 fully saturated rings. The molecule has 1 saturated heterocycles. The van der Waals surface area contributed by atoms with Gasteiger partial charge in [-0.05, 0) is 30.2 Å². The monoisotopic (exact) mass is 254 g/mol. The standard InChI is InChI=1S/C13H19ClN2O/c1-2-13-9-17-4-3-16(13)8-10-5-11(14)7-12(15)6-10/h5-7,13H,2-4,8-9,15H2,1H3. The molecule has 1 unspecified atom stereocenters. The second kappa shape index (κ2) is 5.71. The van der Waals surface area contributed by atoms with Crippen LogP contribution in [0, 0.1) is 0 Å². The number of nitrogens with zero attached hydrogens (tertiary/aromatic N) is 1. The van der Waals surface area contributed by atoms with Crippen LogP contribution in [0.25, 0.3) is 0 Å². The Labute approximate surface area is 107 Å². The lowest BCUT2D eigenvalue weighted by molar-refractivity contribution is -0.0127. The first-order chi connectivity index (χ1) is 8.19. The molecule has 0 aromatic heterocycles. The van der Waals surface area contributed by atoms with Gasteiger partial charge in [-0.1, -0.05) is 18.5 Å². The number of halogens is 1. The quantitative estimate of drug-likeness (QED) is 0.843. The van der Waals surface area contributed by atoms with Crippen molar-refractivity contribution in [2.24, 2.45) is 0 Å². The summed E-state index contributed by atoms with van der Waals surface area (Å²) in [6.45, 7) is 5.70. The molecule has 0 bridgehead atoms. The van der Waals surface area contributed by atoms with Gasteiger partial charge >= 0.3 is 0 Å². The largest absolute Gasteiger partial charge is 0.399 e. The molecule has 1 aliphatic heterocycles. The molecule has 1 atom stereocenters. The summed E-state index contributed by atoms with van der Waals surface area (Å²) in [4.78, 5) is 2.44. The van der Waals surface area contributed by atoms with Gasteiger partial charge in [0.05, 0.1) is 13.2 Å². The Balaban J connectivity index is 2.08. The molecular formula is C13H19ClN2O. The van der Waals surface area contributed by atoms with E-state index in [-0.39, 0.29) is 0 Å². The van der Waals surface area contributed by atoms with Crippen molar-refractivity contribution >= 4 is 17.3 Å². The molecule has 94 valence electrons. The number of hydrogen-bond acceptors (Lipinski definition) is 3. The molecule has 4 heteroatoms. The van der Waals surface area contributed by atoms with E-state index in [4.69, 9.17) is 22.1 Å². The van der Waals surface area contributed by atoms with E-state index in [0.29, 0.717) is 11.1 Å². The van der Waals surface area contributed by atoms with Crippen LogP contribution in [0.15, 0.2) is 18.2 Å². The lowest BCUT2D eigenvalue weighted by Crippen LogP contribution is -2.44. The van der Waals surface area contributed by atoms with Crippen molar-refractivity contribution in [3.05, 3.63) is 28.8 Å². The molecule has 1 heterocycles. The van der Waals surface area contributed by atoms with Crippen LogP contribution in [-0.4, -0.2) is 30.7 Å². The van der Waals surface area contributed by atoms with E-state index < -0.39 is 0 Å². The maximum Gasteiger partial charge on any atom is 0.0622 e. The van der Waals surface area contributed by atoms with Gasteiger partial charge < -0.3 is 10.5 Å². The summed E-state index contributed by atoms with van der Waals surface area (Å²) in [5.41, 5.74) is 7.71. The zero-order chi connectivity index (χ0) is 12.3. The van der Waals surface area contributed by atoms with Crippen molar-refractivity contribution in [3.63, 3.8) is 0 Å². The summed E-state index contributed by atoms with van der Waals surface area (Å²) in [5, 5.41) is 0.710. The Hall–Kier alpha value is -0.770. The molecule has 1 aliphatic rings. The second-order valence-electron chi connectivity index (χ2n) is 4.50. The van der Waals surface area contributed by atoms with Gasteiger partial charge in [0.2, 0.25) is 0 Å². The Kier molecular flexibility index (Phi) is 4.26. The van der Waals surface area contributed by atoms with Crippen LogP contribution in [0.1, 0.15) is 18.9 Å². The summed E-state index contributed by atoms with van der Waals surface area (Å²) in [7, 11) is 0. The molecule has 0 radical (unpaired) electrons. The number of hydrogen-bond donors (Lipinski definition) is 1. The number of ether oxygens (including phenoxy) is 1. The molecule has 0 amide bonds. The van der Waals surface area contributed by atoms with Crippen molar-refractivity contribution in [1.29, 1.82) is 0 Å². The van der Waals surface area contributed by atoms with Crippen molar-refractivity contribution < 1.29 is 4.74 Å². The minimum atomic E-state index is 0.504. The molecular weight excluding hydrogens is 236 g/mol. The van der Waals surface area contributed by atoms with Gasteiger partial charge in [0.25, 0.3) is 0 Å². The smallest absolute Gasteiger partial charge is 0.0622 e. The van der Waals surface area contributed by atoms with Crippen LogP contribution in [0.4, 0.5) is 5.69 Å². The summed E-state index contributed by atoms with van der Waals surface area (Å²) in [6.07, 6.45) is 1.11. The molecule has 0 aliphatic carbocycles. The van der Waals surface area contributed by atoms with Gasteiger partial charge in [0.15, 0.2) is 0 Å². The van der Waals surface area contributed by atoms with E-state index in [1.807, 2.05) is 12.1 Å². The predicted molar refractivity (Wildman–Crippen MR) is 71.2 cm³/mol. The maximum absolute atomic E-state index is 6.01. The summed E-state index contributed by atoms with van der Waals surface area (Å²) in [5.74, 6) is 0. The predicted octanol–water partition coefficient (Wildman–Crippen LogP) is 2.53. The third kappa shape index (κ3) is 3.35. The number of nitrogen functional groups attached to an aromatic ring is 1. The Morgan fingerprint density at radius 1 is 1.47 bits per heavy atom. The van der Waals surface area contributed by atoms with Gasteiger partial charge in [-0.25, -0.2) is 0 Å². The van der Waals surface area contributed by atoms with Crippen LogP contribution in [0.5, 0.6) is 0 Å².